The van der Waals surface area contributed by atoms with E-state index >= 15 is 0 Å². The van der Waals surface area contributed by atoms with Crippen LogP contribution in [0.3, 0.4) is 0 Å². The molecule has 23 heavy (non-hydrogen) atoms. The van der Waals surface area contributed by atoms with Gasteiger partial charge in [-0.25, -0.2) is 0 Å². The Morgan fingerprint density at radius 3 is 3.00 bits per heavy atom. The molecule has 2 aromatic heterocycles. The van der Waals surface area contributed by atoms with Crippen molar-refractivity contribution in [1.29, 1.82) is 0 Å². The fraction of sp³-hybridized carbons (Fsp3) is 0.412. The Labute approximate surface area is 134 Å². The molecule has 1 amide bonds. The number of nitrogens with one attached hydrogen (secondary N) is 1. The minimum Gasteiger partial charge on any atom is -0.454 e. The van der Waals surface area contributed by atoms with Gasteiger partial charge in [0.1, 0.15) is 5.76 Å². The molecule has 0 aliphatic carbocycles. The van der Waals surface area contributed by atoms with E-state index in [2.05, 4.69) is 5.32 Å². The molecular weight excluding hydrogens is 296 g/mol. The number of hydrogen-bond acceptors (Lipinski definition) is 4. The van der Waals surface area contributed by atoms with Gasteiger partial charge in [0.2, 0.25) is 0 Å². The van der Waals surface area contributed by atoms with Crippen LogP contribution in [0.4, 0.5) is 0 Å². The van der Waals surface area contributed by atoms with Crippen LogP contribution in [0.5, 0.6) is 0 Å². The van der Waals surface area contributed by atoms with E-state index in [0.717, 1.165) is 19.4 Å². The third-order valence-electron chi connectivity index (χ3n) is 3.99. The number of hydrogen-bond donors (Lipinski definition) is 1. The van der Waals surface area contributed by atoms with Crippen LogP contribution in [0.25, 0.3) is 0 Å². The van der Waals surface area contributed by atoms with Gasteiger partial charge in [-0.3, -0.25) is 9.59 Å². The number of rotatable bonds is 5. The maximum Gasteiger partial charge on any atom is 0.287 e. The van der Waals surface area contributed by atoms with E-state index in [4.69, 9.17) is 9.15 Å². The molecule has 1 fully saturated rings. The first-order valence-electron chi connectivity index (χ1n) is 7.80. The SMILES string of the molecule is C[C@@H](NC(=O)c1ccc(Cn2ccccc2=O)o1)[C@@H]1CCCO1. The molecule has 2 atom stereocenters. The Bertz CT molecular complexity index is 728. The van der Waals surface area contributed by atoms with E-state index < -0.39 is 0 Å². The van der Waals surface area contributed by atoms with Crippen molar-refractivity contribution in [3.05, 3.63) is 58.4 Å². The van der Waals surface area contributed by atoms with E-state index in [9.17, 15) is 9.59 Å². The van der Waals surface area contributed by atoms with Crippen molar-refractivity contribution in [3.8, 4) is 0 Å². The van der Waals surface area contributed by atoms with Gasteiger partial charge in [-0.15, -0.1) is 0 Å². The zero-order valence-corrected chi connectivity index (χ0v) is 13.0. The molecule has 1 aliphatic rings. The summed E-state index contributed by atoms with van der Waals surface area (Å²) in [4.78, 5) is 23.9. The lowest BCUT2D eigenvalue weighted by molar-refractivity contribution is 0.0695. The van der Waals surface area contributed by atoms with Gasteiger partial charge in [-0.1, -0.05) is 6.07 Å². The summed E-state index contributed by atoms with van der Waals surface area (Å²) in [6.07, 6.45) is 3.74. The van der Waals surface area contributed by atoms with Crippen LogP contribution in [0.2, 0.25) is 0 Å². The van der Waals surface area contributed by atoms with Crippen molar-refractivity contribution in [2.24, 2.45) is 0 Å². The normalized spacial score (nSPS) is 18.7. The van der Waals surface area contributed by atoms with Crippen LogP contribution in [0.15, 0.2) is 45.7 Å². The molecule has 0 spiro atoms. The van der Waals surface area contributed by atoms with Gasteiger partial charge in [0.15, 0.2) is 5.76 Å². The average molecular weight is 316 g/mol. The smallest absolute Gasteiger partial charge is 0.287 e. The van der Waals surface area contributed by atoms with E-state index in [1.807, 2.05) is 6.92 Å². The van der Waals surface area contributed by atoms with E-state index in [-0.39, 0.29) is 29.4 Å². The van der Waals surface area contributed by atoms with Crippen LogP contribution in [0.1, 0.15) is 36.1 Å². The summed E-state index contributed by atoms with van der Waals surface area (Å²) in [5, 5.41) is 2.90. The Morgan fingerprint density at radius 1 is 1.39 bits per heavy atom. The monoisotopic (exact) mass is 316 g/mol. The van der Waals surface area contributed by atoms with Crippen LogP contribution in [-0.4, -0.2) is 29.2 Å². The Hall–Kier alpha value is -2.34. The van der Waals surface area contributed by atoms with Gasteiger partial charge >= 0.3 is 0 Å². The molecule has 1 N–H and O–H groups in total. The standard InChI is InChI=1S/C17H20N2O4/c1-12(14-5-4-10-22-14)18-17(21)15-8-7-13(23-15)11-19-9-3-2-6-16(19)20/h2-3,6-9,12,14H,4-5,10-11H2,1H3,(H,18,21)/t12-,14+/m1/s1. The maximum absolute atomic E-state index is 12.2. The fourth-order valence-corrected chi connectivity index (χ4v) is 2.71. The number of nitrogens with zero attached hydrogens (tertiary/aromatic N) is 1. The highest BCUT2D eigenvalue weighted by Crippen LogP contribution is 2.16. The zero-order valence-electron chi connectivity index (χ0n) is 13.0. The Balaban J connectivity index is 1.63. The lowest BCUT2D eigenvalue weighted by atomic mass is 10.1. The lowest BCUT2D eigenvalue weighted by Gasteiger charge is -2.19. The number of carbonyl (C=O) groups is 1. The second-order valence-electron chi connectivity index (χ2n) is 5.75. The van der Waals surface area contributed by atoms with Crippen molar-refractivity contribution in [2.75, 3.05) is 6.61 Å². The molecule has 0 saturated carbocycles. The molecule has 6 nitrogen and oxygen atoms in total. The first kappa shape index (κ1) is 15.6. The summed E-state index contributed by atoms with van der Waals surface area (Å²) in [5.41, 5.74) is -0.109. The first-order valence-corrected chi connectivity index (χ1v) is 7.80. The summed E-state index contributed by atoms with van der Waals surface area (Å²) in [6, 6.07) is 8.23. The van der Waals surface area contributed by atoms with E-state index in [1.54, 1.807) is 30.5 Å². The number of ether oxygens (including phenoxy) is 1. The summed E-state index contributed by atoms with van der Waals surface area (Å²) in [5.74, 6) is 0.543. The molecule has 6 heteroatoms. The molecule has 0 aromatic carbocycles. The Kier molecular flexibility index (Phi) is 4.62. The van der Waals surface area contributed by atoms with Crippen molar-refractivity contribution >= 4 is 5.91 Å². The third-order valence-corrected chi connectivity index (χ3v) is 3.99. The summed E-state index contributed by atoms with van der Waals surface area (Å²) < 4.78 is 12.6. The quantitative estimate of drug-likeness (QED) is 0.912. The highest BCUT2D eigenvalue weighted by atomic mass is 16.5. The maximum atomic E-state index is 12.2. The number of aromatic nitrogens is 1. The second kappa shape index (κ2) is 6.83. The van der Waals surface area contributed by atoms with Gasteiger partial charge in [-0.05, 0) is 38.0 Å². The molecule has 0 unspecified atom stereocenters. The van der Waals surface area contributed by atoms with Crippen molar-refractivity contribution in [3.63, 3.8) is 0 Å². The molecule has 3 rings (SSSR count). The van der Waals surface area contributed by atoms with Gasteiger partial charge < -0.3 is 19.0 Å². The Morgan fingerprint density at radius 2 is 2.26 bits per heavy atom. The first-order chi connectivity index (χ1) is 11.1. The lowest BCUT2D eigenvalue weighted by Crippen LogP contribution is -2.40. The largest absolute Gasteiger partial charge is 0.454 e. The molecule has 1 saturated heterocycles. The van der Waals surface area contributed by atoms with Crippen LogP contribution in [0, 0.1) is 0 Å². The van der Waals surface area contributed by atoms with Crippen molar-refractivity contribution in [1.82, 2.24) is 9.88 Å². The predicted octanol–water partition coefficient (Wildman–Crippen LogP) is 1.79. The average Bonchev–Trinajstić information content (AvgIpc) is 3.21. The highest BCUT2D eigenvalue weighted by molar-refractivity contribution is 5.91. The summed E-state index contributed by atoms with van der Waals surface area (Å²) in [7, 11) is 0. The highest BCUT2D eigenvalue weighted by Gasteiger charge is 2.24. The molecule has 0 radical (unpaired) electrons. The predicted molar refractivity (Wildman–Crippen MR) is 84.4 cm³/mol. The van der Waals surface area contributed by atoms with E-state index in [1.165, 1.54) is 10.6 Å². The topological polar surface area (TPSA) is 73.5 Å². The van der Waals surface area contributed by atoms with Gasteiger partial charge in [0, 0.05) is 18.9 Å². The zero-order chi connectivity index (χ0) is 16.2. The molecule has 122 valence electrons. The second-order valence-corrected chi connectivity index (χ2v) is 5.75. The molecular formula is C17H20N2O4. The summed E-state index contributed by atoms with van der Waals surface area (Å²) in [6.45, 7) is 2.98. The number of carbonyl (C=O) groups excluding carboxylic acids is 1. The molecule has 0 bridgehead atoms. The van der Waals surface area contributed by atoms with Crippen LogP contribution in [-0.2, 0) is 11.3 Å². The minimum atomic E-state index is -0.264. The number of pyridine rings is 1. The van der Waals surface area contributed by atoms with Crippen LogP contribution < -0.4 is 10.9 Å². The molecule has 3 heterocycles. The number of amides is 1. The molecule has 1 aliphatic heterocycles. The minimum absolute atomic E-state index is 0.0599. The van der Waals surface area contributed by atoms with E-state index in [0.29, 0.717) is 12.3 Å². The van der Waals surface area contributed by atoms with Gasteiger partial charge in [0.25, 0.3) is 11.5 Å². The van der Waals surface area contributed by atoms with Crippen LogP contribution >= 0.6 is 0 Å². The fourth-order valence-electron chi connectivity index (χ4n) is 2.71. The van der Waals surface area contributed by atoms with Crippen molar-refractivity contribution in [2.45, 2.75) is 38.5 Å². The van der Waals surface area contributed by atoms with Gasteiger partial charge in [0.05, 0.1) is 18.7 Å². The summed E-state index contributed by atoms with van der Waals surface area (Å²) >= 11 is 0. The molecule has 2 aromatic rings. The third kappa shape index (κ3) is 3.71. The number of furan rings is 1. The van der Waals surface area contributed by atoms with Crippen molar-refractivity contribution < 1.29 is 13.9 Å². The van der Waals surface area contributed by atoms with Gasteiger partial charge in [-0.2, -0.15) is 0 Å².